The van der Waals surface area contributed by atoms with Crippen LogP contribution in [-0.2, 0) is 14.4 Å². The molecule has 1 aromatic heterocycles. The number of hydrogen-bond donors (Lipinski definition) is 2. The Morgan fingerprint density at radius 3 is 2.38 bits per heavy atom. The maximum Gasteiger partial charge on any atom is 0.305 e. The number of anilines is 2. The summed E-state index contributed by atoms with van der Waals surface area (Å²) in [6.07, 6.45) is 0. The number of ether oxygens (including phenoxy) is 1. The first-order valence-electron chi connectivity index (χ1n) is 12.4. The Bertz CT molecular complexity index is 1670. The van der Waals surface area contributed by atoms with Crippen molar-refractivity contribution in [2.75, 3.05) is 16.8 Å². The molecule has 3 amide bonds. The maximum absolute atomic E-state index is 13.8. The third kappa shape index (κ3) is 5.00. The fourth-order valence-corrected chi connectivity index (χ4v) is 7.75. The average Bonchev–Trinajstić information content (AvgIpc) is 3.44. The van der Waals surface area contributed by atoms with E-state index in [0.29, 0.717) is 22.2 Å². The van der Waals surface area contributed by atoms with Crippen LogP contribution in [0.5, 0.6) is 5.75 Å². The summed E-state index contributed by atoms with van der Waals surface area (Å²) in [6.45, 7) is 1.80. The normalized spacial score (nSPS) is 19.8. The molecular formula is C29H22BrN3O5S2. The van der Waals surface area contributed by atoms with Crippen molar-refractivity contribution in [3.8, 4) is 5.75 Å². The van der Waals surface area contributed by atoms with Crippen molar-refractivity contribution in [2.24, 2.45) is 5.92 Å². The van der Waals surface area contributed by atoms with E-state index < -0.39 is 17.1 Å². The van der Waals surface area contributed by atoms with Gasteiger partial charge < -0.3 is 15.0 Å². The summed E-state index contributed by atoms with van der Waals surface area (Å²) >= 11 is 5.69. The fourth-order valence-electron chi connectivity index (χ4n) is 4.98. The van der Waals surface area contributed by atoms with Gasteiger partial charge in [-0.05, 0) is 61.0 Å². The third-order valence-corrected chi connectivity index (χ3v) is 9.78. The molecule has 11 heteroatoms. The second-order valence-electron chi connectivity index (χ2n) is 9.51. The van der Waals surface area contributed by atoms with Crippen LogP contribution in [0.15, 0.2) is 87.1 Å². The highest BCUT2D eigenvalue weighted by atomic mass is 79.9. The molecule has 3 atom stereocenters. The standard InChI is InChI=1S/C29H22BrN3O5S2/c1-15-2-8-18(9-3-15)31-21(34)14-38-20-12-4-16(5-13-20)22-23-25(39-26-24(22)40-29(37)32-26)28(36)33(27(23)35)19-10-6-17(30)7-11-19/h2-13,22-23,25H,14H2,1H3,(H,31,34)(H,32,37)/t22-,23-,25+/m0/s1. The highest BCUT2D eigenvalue weighted by Gasteiger charge is 2.56. The number of thiazole rings is 1. The number of aryl methyl sites for hydroxylation is 1. The van der Waals surface area contributed by atoms with E-state index in [0.717, 1.165) is 31.8 Å². The number of carbonyl (C=O) groups excluding carboxylic acids is 3. The Hall–Kier alpha value is -3.67. The van der Waals surface area contributed by atoms with Crippen molar-refractivity contribution < 1.29 is 19.1 Å². The Balaban J connectivity index is 1.24. The summed E-state index contributed by atoms with van der Waals surface area (Å²) in [5.41, 5.74) is 3.08. The molecule has 6 rings (SSSR count). The van der Waals surface area contributed by atoms with E-state index in [9.17, 15) is 19.2 Å². The first-order valence-corrected chi connectivity index (χ1v) is 14.9. The molecule has 40 heavy (non-hydrogen) atoms. The van der Waals surface area contributed by atoms with Gasteiger partial charge in [0, 0.05) is 21.0 Å². The number of H-pyrrole nitrogens is 1. The number of hydrogen-bond acceptors (Lipinski definition) is 7. The van der Waals surface area contributed by atoms with Crippen LogP contribution in [0.3, 0.4) is 0 Å². The van der Waals surface area contributed by atoms with Gasteiger partial charge in [0.25, 0.3) is 5.91 Å². The van der Waals surface area contributed by atoms with Crippen LogP contribution in [0.25, 0.3) is 0 Å². The molecule has 4 aromatic rings. The van der Waals surface area contributed by atoms with E-state index >= 15 is 0 Å². The van der Waals surface area contributed by atoms with Crippen LogP contribution in [0.4, 0.5) is 11.4 Å². The molecule has 3 aromatic carbocycles. The van der Waals surface area contributed by atoms with E-state index in [1.807, 2.05) is 43.3 Å². The van der Waals surface area contributed by atoms with Crippen molar-refractivity contribution in [3.63, 3.8) is 0 Å². The van der Waals surface area contributed by atoms with Crippen molar-refractivity contribution in [1.82, 2.24) is 4.98 Å². The molecule has 2 aliphatic rings. The lowest BCUT2D eigenvalue weighted by Gasteiger charge is -2.29. The zero-order valence-corrected chi connectivity index (χ0v) is 24.3. The smallest absolute Gasteiger partial charge is 0.305 e. The van der Waals surface area contributed by atoms with Gasteiger partial charge in [0.1, 0.15) is 11.0 Å². The molecule has 0 bridgehead atoms. The summed E-state index contributed by atoms with van der Waals surface area (Å²) in [6, 6.07) is 21.6. The second kappa shape index (κ2) is 10.7. The lowest BCUT2D eigenvalue weighted by Crippen LogP contribution is -2.32. The number of thioether (sulfide) groups is 1. The van der Waals surface area contributed by atoms with E-state index in [4.69, 9.17) is 4.74 Å². The van der Waals surface area contributed by atoms with Gasteiger partial charge in [-0.1, -0.05) is 68.9 Å². The molecular weight excluding hydrogens is 614 g/mol. The summed E-state index contributed by atoms with van der Waals surface area (Å²) in [5.74, 6) is -1.56. The summed E-state index contributed by atoms with van der Waals surface area (Å²) in [5, 5.41) is 2.75. The highest BCUT2D eigenvalue weighted by Crippen LogP contribution is 2.53. The van der Waals surface area contributed by atoms with Gasteiger partial charge >= 0.3 is 4.87 Å². The second-order valence-corrected chi connectivity index (χ2v) is 12.6. The number of rotatable bonds is 6. The predicted molar refractivity (Wildman–Crippen MR) is 158 cm³/mol. The Morgan fingerprint density at radius 1 is 0.975 bits per heavy atom. The molecule has 0 aliphatic carbocycles. The number of benzene rings is 3. The zero-order valence-electron chi connectivity index (χ0n) is 21.1. The first-order chi connectivity index (χ1) is 19.3. The lowest BCUT2D eigenvalue weighted by atomic mass is 9.83. The number of amides is 3. The number of halogens is 1. The minimum atomic E-state index is -0.674. The average molecular weight is 637 g/mol. The SMILES string of the molecule is Cc1ccc(NC(=O)COc2ccc([C@@H]3c4sc(=O)[nH]c4S[C@H]4C(=O)N(c5ccc(Br)cc5)C(=O)[C@@H]34)cc2)cc1. The van der Waals surface area contributed by atoms with Gasteiger partial charge in [-0.2, -0.15) is 0 Å². The topological polar surface area (TPSA) is 109 Å². The fraction of sp³-hybridized carbons (Fsp3) is 0.172. The molecule has 2 aliphatic heterocycles. The maximum atomic E-state index is 13.8. The molecule has 0 saturated carbocycles. The van der Waals surface area contributed by atoms with Crippen LogP contribution >= 0.6 is 39.0 Å². The van der Waals surface area contributed by atoms with E-state index in [-0.39, 0.29) is 29.2 Å². The van der Waals surface area contributed by atoms with E-state index in [1.54, 1.807) is 36.4 Å². The van der Waals surface area contributed by atoms with E-state index in [2.05, 4.69) is 26.2 Å². The predicted octanol–water partition coefficient (Wildman–Crippen LogP) is 5.32. The number of nitrogens with one attached hydrogen (secondary N) is 2. The van der Waals surface area contributed by atoms with Crippen molar-refractivity contribution in [3.05, 3.63) is 103 Å². The molecule has 3 heterocycles. The number of nitrogens with zero attached hydrogens (tertiary/aromatic N) is 1. The summed E-state index contributed by atoms with van der Waals surface area (Å²) in [4.78, 5) is 56.5. The zero-order chi connectivity index (χ0) is 28.0. The number of fused-ring (bicyclic) bond motifs is 2. The Kier molecular flexibility index (Phi) is 7.11. The highest BCUT2D eigenvalue weighted by molar-refractivity contribution is 9.10. The number of imide groups is 1. The van der Waals surface area contributed by atoms with Gasteiger partial charge in [-0.15, -0.1) is 0 Å². The van der Waals surface area contributed by atoms with Crippen molar-refractivity contribution in [2.45, 2.75) is 23.1 Å². The van der Waals surface area contributed by atoms with Gasteiger partial charge in [-0.25, -0.2) is 4.90 Å². The number of carbonyl (C=O) groups is 3. The number of aromatic nitrogens is 1. The van der Waals surface area contributed by atoms with Gasteiger partial charge in [0.05, 0.1) is 16.6 Å². The molecule has 202 valence electrons. The minimum absolute atomic E-state index is 0.170. The Morgan fingerprint density at radius 2 is 1.68 bits per heavy atom. The van der Waals surface area contributed by atoms with Gasteiger partial charge in [0.2, 0.25) is 11.8 Å². The van der Waals surface area contributed by atoms with Crippen LogP contribution < -0.4 is 19.8 Å². The number of aromatic amines is 1. The van der Waals surface area contributed by atoms with Crippen LogP contribution in [0.1, 0.15) is 21.9 Å². The minimum Gasteiger partial charge on any atom is -0.484 e. The Labute approximate surface area is 245 Å². The summed E-state index contributed by atoms with van der Waals surface area (Å²) in [7, 11) is 0. The van der Waals surface area contributed by atoms with Gasteiger partial charge in [0.15, 0.2) is 6.61 Å². The lowest BCUT2D eigenvalue weighted by molar-refractivity contribution is -0.122. The van der Waals surface area contributed by atoms with Crippen molar-refractivity contribution >= 4 is 68.1 Å². The molecule has 0 radical (unpaired) electrons. The van der Waals surface area contributed by atoms with Crippen LogP contribution in [-0.4, -0.2) is 34.6 Å². The monoisotopic (exact) mass is 635 g/mol. The first kappa shape index (κ1) is 26.5. The molecule has 0 unspecified atom stereocenters. The van der Waals surface area contributed by atoms with E-state index in [1.165, 1.54) is 16.7 Å². The molecule has 2 N–H and O–H groups in total. The molecule has 1 fully saturated rings. The molecule has 8 nitrogen and oxygen atoms in total. The summed E-state index contributed by atoms with van der Waals surface area (Å²) < 4.78 is 6.53. The van der Waals surface area contributed by atoms with Crippen LogP contribution in [0, 0.1) is 12.8 Å². The van der Waals surface area contributed by atoms with Crippen LogP contribution in [0.2, 0.25) is 0 Å². The van der Waals surface area contributed by atoms with Crippen molar-refractivity contribution in [1.29, 1.82) is 0 Å². The molecule has 1 saturated heterocycles. The molecule has 0 spiro atoms. The largest absolute Gasteiger partial charge is 0.484 e. The third-order valence-electron chi connectivity index (χ3n) is 6.85. The van der Waals surface area contributed by atoms with Gasteiger partial charge in [-0.3, -0.25) is 19.2 Å². The quantitative estimate of drug-likeness (QED) is 0.278.